The number of benzene rings is 1. The Morgan fingerprint density at radius 1 is 1.19 bits per heavy atom. The Balaban J connectivity index is 1.72. The Hall–Kier alpha value is -2.52. The first-order valence-electron chi connectivity index (χ1n) is 11.2. The van der Waals surface area contributed by atoms with E-state index in [1.807, 2.05) is 0 Å². The van der Waals surface area contributed by atoms with Crippen molar-refractivity contribution in [1.29, 1.82) is 0 Å². The third kappa shape index (κ3) is 6.82. The summed E-state index contributed by atoms with van der Waals surface area (Å²) in [6.07, 6.45) is 0.328. The molecule has 0 aliphatic carbocycles. The molecule has 0 saturated carbocycles. The summed E-state index contributed by atoms with van der Waals surface area (Å²) < 4.78 is 52.4. The lowest BCUT2D eigenvalue weighted by atomic mass is 10.0. The highest BCUT2D eigenvalue weighted by Gasteiger charge is 2.45. The summed E-state index contributed by atoms with van der Waals surface area (Å²) in [4.78, 5) is 39.3. The van der Waals surface area contributed by atoms with Gasteiger partial charge in [-0.2, -0.15) is 17.4 Å². The molecule has 2 aliphatic rings. The molecule has 36 heavy (non-hydrogen) atoms. The average Bonchev–Trinajstić information content (AvgIpc) is 2.84. The summed E-state index contributed by atoms with van der Waals surface area (Å²) in [6.45, 7) is 0.644. The van der Waals surface area contributed by atoms with E-state index in [4.69, 9.17) is 21.1 Å². The maximum absolute atomic E-state index is 13.5. The highest BCUT2D eigenvalue weighted by molar-refractivity contribution is 7.87. The summed E-state index contributed by atoms with van der Waals surface area (Å²) in [7, 11) is -1.55. The number of halogens is 2. The van der Waals surface area contributed by atoms with Gasteiger partial charge < -0.3 is 25.0 Å². The van der Waals surface area contributed by atoms with E-state index in [0.717, 1.165) is 10.4 Å². The standard InChI is InChI=1S/C21H29ClFN5O7S/c1-34-10-9-28-18(20(30)25-14-3-4-16(23)15(22)11-14)12-17(26-36(28,32)33)19(29)24-13-5-7-27(8-6-13)21(31)35-2/h3-4,11,13,17-18,26H,5-10,12H2,1-2H3,(H,24,29)(H,25,30). The van der Waals surface area contributed by atoms with Crippen molar-refractivity contribution in [2.45, 2.75) is 37.4 Å². The van der Waals surface area contributed by atoms with E-state index in [-0.39, 0.29) is 36.3 Å². The van der Waals surface area contributed by atoms with Crippen molar-refractivity contribution in [3.8, 4) is 0 Å². The van der Waals surface area contributed by atoms with E-state index < -0.39 is 46.0 Å². The Labute approximate surface area is 213 Å². The number of amides is 3. The van der Waals surface area contributed by atoms with Crippen LogP contribution in [-0.4, -0.2) is 94.1 Å². The zero-order chi connectivity index (χ0) is 26.5. The van der Waals surface area contributed by atoms with Crippen LogP contribution in [0.2, 0.25) is 5.02 Å². The SMILES string of the molecule is COCCN1C(C(=O)Nc2ccc(F)c(Cl)c2)CC(C(=O)NC2CCN(C(=O)OC)CC2)NS1(=O)=O. The van der Waals surface area contributed by atoms with Gasteiger partial charge in [-0.25, -0.2) is 9.18 Å². The van der Waals surface area contributed by atoms with E-state index >= 15 is 0 Å². The first-order valence-corrected chi connectivity index (χ1v) is 13.0. The van der Waals surface area contributed by atoms with Crippen LogP contribution in [-0.2, 0) is 29.3 Å². The predicted octanol–water partition coefficient (Wildman–Crippen LogP) is 0.688. The number of carbonyl (C=O) groups is 3. The van der Waals surface area contributed by atoms with Crippen LogP contribution in [0, 0.1) is 5.82 Å². The van der Waals surface area contributed by atoms with Crippen LogP contribution in [0.5, 0.6) is 0 Å². The molecule has 2 heterocycles. The van der Waals surface area contributed by atoms with Crippen molar-refractivity contribution in [3.05, 3.63) is 29.0 Å². The van der Waals surface area contributed by atoms with Crippen molar-refractivity contribution < 1.29 is 36.7 Å². The fourth-order valence-corrected chi connectivity index (χ4v) is 5.81. The zero-order valence-electron chi connectivity index (χ0n) is 19.8. The largest absolute Gasteiger partial charge is 0.453 e. The Bertz CT molecular complexity index is 1080. The average molecular weight is 550 g/mol. The fourth-order valence-electron chi connectivity index (χ4n) is 4.10. The third-order valence-corrected chi connectivity index (χ3v) is 7.93. The number of hydrogen-bond acceptors (Lipinski definition) is 7. The Morgan fingerprint density at radius 2 is 1.89 bits per heavy atom. The van der Waals surface area contributed by atoms with Crippen molar-refractivity contribution in [3.63, 3.8) is 0 Å². The normalized spacial score (nSPS) is 22.6. The molecule has 0 spiro atoms. The molecule has 0 bridgehead atoms. The minimum atomic E-state index is -4.23. The molecule has 3 rings (SSSR count). The number of anilines is 1. The first-order chi connectivity index (χ1) is 17.1. The second-order valence-electron chi connectivity index (χ2n) is 8.39. The van der Waals surface area contributed by atoms with Crippen LogP contribution in [0.4, 0.5) is 14.9 Å². The molecular formula is C21H29ClFN5O7S. The third-order valence-electron chi connectivity index (χ3n) is 6.00. The highest BCUT2D eigenvalue weighted by atomic mass is 35.5. The van der Waals surface area contributed by atoms with Crippen LogP contribution in [0.1, 0.15) is 19.3 Å². The van der Waals surface area contributed by atoms with Crippen LogP contribution in [0.3, 0.4) is 0 Å². The van der Waals surface area contributed by atoms with E-state index in [9.17, 15) is 27.2 Å². The molecule has 2 aliphatic heterocycles. The summed E-state index contributed by atoms with van der Waals surface area (Å²) >= 11 is 5.78. The molecule has 2 unspecified atom stereocenters. The number of methoxy groups -OCH3 is 2. The molecule has 2 fully saturated rings. The minimum Gasteiger partial charge on any atom is -0.453 e. The second kappa shape index (κ2) is 12.1. The fraction of sp³-hybridized carbons (Fsp3) is 0.571. The summed E-state index contributed by atoms with van der Waals surface area (Å²) in [6, 6.07) is 0.838. The lowest BCUT2D eigenvalue weighted by Crippen LogP contribution is -2.64. The number of carbonyl (C=O) groups excluding carboxylic acids is 3. The number of piperidine rings is 1. The van der Waals surface area contributed by atoms with Crippen LogP contribution in [0.25, 0.3) is 0 Å². The van der Waals surface area contributed by atoms with Crippen LogP contribution < -0.4 is 15.4 Å². The predicted molar refractivity (Wildman–Crippen MR) is 128 cm³/mol. The molecule has 3 amide bonds. The van der Waals surface area contributed by atoms with Gasteiger partial charge in [0.05, 0.1) is 18.7 Å². The van der Waals surface area contributed by atoms with E-state index in [0.29, 0.717) is 25.9 Å². The molecular weight excluding hydrogens is 521 g/mol. The van der Waals surface area contributed by atoms with Gasteiger partial charge in [0, 0.05) is 38.5 Å². The van der Waals surface area contributed by atoms with Crippen molar-refractivity contribution in [2.24, 2.45) is 0 Å². The molecule has 2 atom stereocenters. The van der Waals surface area contributed by atoms with Gasteiger partial charge in [-0.1, -0.05) is 11.6 Å². The van der Waals surface area contributed by atoms with Gasteiger partial charge in [-0.15, -0.1) is 0 Å². The minimum absolute atomic E-state index is 0.0166. The van der Waals surface area contributed by atoms with E-state index in [2.05, 4.69) is 15.4 Å². The highest BCUT2D eigenvalue weighted by Crippen LogP contribution is 2.23. The maximum Gasteiger partial charge on any atom is 0.409 e. The number of nitrogens with one attached hydrogen (secondary N) is 3. The molecule has 0 radical (unpaired) electrons. The second-order valence-corrected chi connectivity index (χ2v) is 10.5. The molecule has 0 aromatic heterocycles. The van der Waals surface area contributed by atoms with Gasteiger partial charge >= 0.3 is 6.09 Å². The smallest absolute Gasteiger partial charge is 0.409 e. The molecule has 2 saturated heterocycles. The van der Waals surface area contributed by atoms with E-state index in [1.165, 1.54) is 31.3 Å². The van der Waals surface area contributed by atoms with Crippen molar-refractivity contribution in [2.75, 3.05) is 45.8 Å². The number of ether oxygens (including phenoxy) is 2. The van der Waals surface area contributed by atoms with Crippen molar-refractivity contribution >= 4 is 45.4 Å². The van der Waals surface area contributed by atoms with Gasteiger partial charge in [0.15, 0.2) is 0 Å². The van der Waals surface area contributed by atoms with Gasteiger partial charge in [0.1, 0.15) is 17.9 Å². The van der Waals surface area contributed by atoms with Gasteiger partial charge in [-0.3, -0.25) is 9.59 Å². The Kier molecular flexibility index (Phi) is 9.47. The number of hydrogen-bond donors (Lipinski definition) is 3. The lowest BCUT2D eigenvalue weighted by Gasteiger charge is -2.38. The first kappa shape index (κ1) is 28.1. The lowest BCUT2D eigenvalue weighted by molar-refractivity contribution is -0.125. The Morgan fingerprint density at radius 3 is 2.50 bits per heavy atom. The quantitative estimate of drug-likeness (QED) is 0.453. The van der Waals surface area contributed by atoms with Crippen molar-refractivity contribution in [1.82, 2.24) is 19.2 Å². The zero-order valence-corrected chi connectivity index (χ0v) is 21.4. The van der Waals surface area contributed by atoms with Gasteiger partial charge in [0.2, 0.25) is 11.8 Å². The topological polar surface area (TPSA) is 146 Å². The number of rotatable bonds is 7. The molecule has 1 aromatic rings. The molecule has 15 heteroatoms. The monoisotopic (exact) mass is 549 g/mol. The van der Waals surface area contributed by atoms with E-state index in [1.54, 1.807) is 0 Å². The summed E-state index contributed by atoms with van der Waals surface area (Å²) in [5.74, 6) is -1.96. The molecule has 200 valence electrons. The molecule has 12 nitrogen and oxygen atoms in total. The van der Waals surface area contributed by atoms with Gasteiger partial charge in [0.25, 0.3) is 10.2 Å². The molecule has 1 aromatic carbocycles. The van der Waals surface area contributed by atoms with Crippen LogP contribution >= 0.6 is 11.6 Å². The molecule has 3 N–H and O–H groups in total. The number of nitrogens with zero attached hydrogens (tertiary/aromatic N) is 2. The number of likely N-dealkylation sites (tertiary alicyclic amines) is 1. The summed E-state index contributed by atoms with van der Waals surface area (Å²) in [5.41, 5.74) is 0.174. The van der Waals surface area contributed by atoms with Gasteiger partial charge in [-0.05, 0) is 37.5 Å². The maximum atomic E-state index is 13.5. The van der Waals surface area contributed by atoms with Crippen LogP contribution in [0.15, 0.2) is 18.2 Å². The summed E-state index contributed by atoms with van der Waals surface area (Å²) in [5, 5.41) is 5.14.